The van der Waals surface area contributed by atoms with Gasteiger partial charge in [0.2, 0.25) is 0 Å². The zero-order valence-corrected chi connectivity index (χ0v) is 7.65. The molecule has 60 valence electrons. The van der Waals surface area contributed by atoms with Crippen LogP contribution in [0.5, 0.6) is 0 Å². The Kier molecular flexibility index (Phi) is 2.04. The molecule has 0 aromatic heterocycles. The molecule has 1 heteroatoms. The molecule has 1 fully saturated rings. The first kappa shape index (κ1) is 8.06. The standard InChI is InChI=1S/C9H19N/c1-8-5-6-10(7-8)9(2,3)4/h8H,5-7H2,1-4H3. The van der Waals surface area contributed by atoms with Gasteiger partial charge in [0.05, 0.1) is 0 Å². The smallest absolute Gasteiger partial charge is 0.0125 e. The van der Waals surface area contributed by atoms with Crippen LogP contribution >= 0.6 is 0 Å². The Labute approximate surface area is 64.4 Å². The van der Waals surface area contributed by atoms with Crippen molar-refractivity contribution in [1.82, 2.24) is 4.90 Å². The third kappa shape index (κ3) is 1.72. The maximum atomic E-state index is 2.57. The Balaban J connectivity index is 2.45. The van der Waals surface area contributed by atoms with E-state index in [2.05, 4.69) is 32.6 Å². The average molecular weight is 141 g/mol. The van der Waals surface area contributed by atoms with Crippen LogP contribution in [0.3, 0.4) is 0 Å². The molecule has 0 aromatic rings. The van der Waals surface area contributed by atoms with Crippen molar-refractivity contribution in [2.45, 2.75) is 39.7 Å². The van der Waals surface area contributed by atoms with Crippen molar-refractivity contribution >= 4 is 0 Å². The Morgan fingerprint density at radius 3 is 2.10 bits per heavy atom. The van der Waals surface area contributed by atoms with Gasteiger partial charge in [-0.15, -0.1) is 0 Å². The molecule has 0 saturated carbocycles. The van der Waals surface area contributed by atoms with Crippen molar-refractivity contribution in [1.29, 1.82) is 0 Å². The molecule has 0 radical (unpaired) electrons. The highest BCUT2D eigenvalue weighted by molar-refractivity contribution is 4.82. The van der Waals surface area contributed by atoms with Gasteiger partial charge in [0.1, 0.15) is 0 Å². The minimum Gasteiger partial charge on any atom is -0.298 e. The Bertz CT molecular complexity index is 112. The molecular weight excluding hydrogens is 122 g/mol. The molecule has 1 heterocycles. The lowest BCUT2D eigenvalue weighted by molar-refractivity contribution is 0.169. The summed E-state index contributed by atoms with van der Waals surface area (Å²) in [6.07, 6.45) is 1.39. The molecule has 1 nitrogen and oxygen atoms in total. The summed E-state index contributed by atoms with van der Waals surface area (Å²) in [5, 5.41) is 0. The van der Waals surface area contributed by atoms with E-state index in [1.807, 2.05) is 0 Å². The van der Waals surface area contributed by atoms with Gasteiger partial charge in [-0.1, -0.05) is 6.92 Å². The van der Waals surface area contributed by atoms with Crippen molar-refractivity contribution in [3.05, 3.63) is 0 Å². The second-order valence-electron chi connectivity index (χ2n) is 4.51. The van der Waals surface area contributed by atoms with Gasteiger partial charge < -0.3 is 0 Å². The third-order valence-corrected chi connectivity index (χ3v) is 2.37. The summed E-state index contributed by atoms with van der Waals surface area (Å²) in [5.74, 6) is 0.916. The number of rotatable bonds is 0. The zero-order chi connectivity index (χ0) is 7.78. The first-order valence-corrected chi connectivity index (χ1v) is 4.25. The first-order valence-electron chi connectivity index (χ1n) is 4.25. The molecule has 0 aromatic carbocycles. The van der Waals surface area contributed by atoms with E-state index in [1.54, 1.807) is 0 Å². The normalized spacial score (nSPS) is 29.4. The molecule has 1 rings (SSSR count). The van der Waals surface area contributed by atoms with Gasteiger partial charge >= 0.3 is 0 Å². The minimum atomic E-state index is 0.394. The van der Waals surface area contributed by atoms with E-state index in [0.29, 0.717) is 5.54 Å². The second-order valence-corrected chi connectivity index (χ2v) is 4.51. The predicted octanol–water partition coefficient (Wildman–Crippen LogP) is 2.13. The van der Waals surface area contributed by atoms with Crippen molar-refractivity contribution in [3.63, 3.8) is 0 Å². The fourth-order valence-electron chi connectivity index (χ4n) is 1.54. The van der Waals surface area contributed by atoms with Gasteiger partial charge in [0.15, 0.2) is 0 Å². The second kappa shape index (κ2) is 2.54. The van der Waals surface area contributed by atoms with Crippen LogP contribution in [0.25, 0.3) is 0 Å². The molecule has 0 spiro atoms. The Morgan fingerprint density at radius 1 is 1.30 bits per heavy atom. The number of hydrogen-bond acceptors (Lipinski definition) is 1. The molecule has 1 saturated heterocycles. The lowest BCUT2D eigenvalue weighted by atomic mass is 10.1. The molecule has 0 bridgehead atoms. The molecule has 1 unspecified atom stereocenters. The molecule has 1 atom stereocenters. The maximum absolute atomic E-state index is 2.57. The predicted molar refractivity (Wildman–Crippen MR) is 45.1 cm³/mol. The largest absolute Gasteiger partial charge is 0.298 e. The summed E-state index contributed by atoms with van der Waals surface area (Å²) in [7, 11) is 0. The highest BCUT2D eigenvalue weighted by Crippen LogP contribution is 2.23. The van der Waals surface area contributed by atoms with Gasteiger partial charge in [-0.05, 0) is 39.7 Å². The van der Waals surface area contributed by atoms with E-state index in [9.17, 15) is 0 Å². The van der Waals surface area contributed by atoms with Crippen LogP contribution in [0.4, 0.5) is 0 Å². The zero-order valence-electron chi connectivity index (χ0n) is 7.65. The summed E-state index contributed by atoms with van der Waals surface area (Å²) < 4.78 is 0. The molecule has 0 amide bonds. The molecule has 1 aliphatic heterocycles. The van der Waals surface area contributed by atoms with Gasteiger partial charge in [-0.3, -0.25) is 4.90 Å². The number of likely N-dealkylation sites (tertiary alicyclic amines) is 1. The van der Waals surface area contributed by atoms with Crippen molar-refractivity contribution in [2.24, 2.45) is 5.92 Å². The number of nitrogens with zero attached hydrogens (tertiary/aromatic N) is 1. The highest BCUT2D eigenvalue weighted by atomic mass is 15.2. The molecule has 0 N–H and O–H groups in total. The monoisotopic (exact) mass is 141 g/mol. The fourth-order valence-corrected chi connectivity index (χ4v) is 1.54. The van der Waals surface area contributed by atoms with E-state index in [-0.39, 0.29) is 0 Å². The summed E-state index contributed by atoms with van der Waals surface area (Å²) in [6, 6.07) is 0. The summed E-state index contributed by atoms with van der Waals surface area (Å²) in [4.78, 5) is 2.57. The topological polar surface area (TPSA) is 3.24 Å². The molecule has 10 heavy (non-hydrogen) atoms. The SMILES string of the molecule is CC1CCN(C(C)(C)C)C1. The van der Waals surface area contributed by atoms with Crippen molar-refractivity contribution in [3.8, 4) is 0 Å². The van der Waals surface area contributed by atoms with E-state index in [4.69, 9.17) is 0 Å². The quantitative estimate of drug-likeness (QED) is 0.499. The van der Waals surface area contributed by atoms with Crippen LogP contribution in [0, 0.1) is 5.92 Å². The van der Waals surface area contributed by atoms with Gasteiger partial charge in [-0.2, -0.15) is 0 Å². The van der Waals surface area contributed by atoms with E-state index >= 15 is 0 Å². The van der Waals surface area contributed by atoms with Crippen LogP contribution in [0.2, 0.25) is 0 Å². The lowest BCUT2D eigenvalue weighted by Gasteiger charge is -2.31. The summed E-state index contributed by atoms with van der Waals surface area (Å²) in [6.45, 7) is 11.8. The van der Waals surface area contributed by atoms with Gasteiger partial charge in [0, 0.05) is 12.1 Å². The first-order chi connectivity index (χ1) is 4.50. The summed E-state index contributed by atoms with van der Waals surface area (Å²) in [5.41, 5.74) is 0.394. The van der Waals surface area contributed by atoms with Crippen LogP contribution in [-0.2, 0) is 0 Å². The van der Waals surface area contributed by atoms with E-state index in [1.165, 1.54) is 19.5 Å². The maximum Gasteiger partial charge on any atom is 0.0125 e. The lowest BCUT2D eigenvalue weighted by Crippen LogP contribution is -2.39. The van der Waals surface area contributed by atoms with Crippen LogP contribution in [0.1, 0.15) is 34.1 Å². The van der Waals surface area contributed by atoms with Crippen molar-refractivity contribution in [2.75, 3.05) is 13.1 Å². The van der Waals surface area contributed by atoms with Gasteiger partial charge in [0.25, 0.3) is 0 Å². The fraction of sp³-hybridized carbons (Fsp3) is 1.00. The third-order valence-electron chi connectivity index (χ3n) is 2.37. The Hall–Kier alpha value is -0.0400. The van der Waals surface area contributed by atoms with Crippen molar-refractivity contribution < 1.29 is 0 Å². The molecule has 1 aliphatic rings. The van der Waals surface area contributed by atoms with Gasteiger partial charge in [-0.25, -0.2) is 0 Å². The van der Waals surface area contributed by atoms with Crippen LogP contribution in [0.15, 0.2) is 0 Å². The Morgan fingerprint density at radius 2 is 1.90 bits per heavy atom. The average Bonchev–Trinajstić information content (AvgIpc) is 2.11. The van der Waals surface area contributed by atoms with E-state index in [0.717, 1.165) is 5.92 Å². The highest BCUT2D eigenvalue weighted by Gasteiger charge is 2.27. The van der Waals surface area contributed by atoms with Crippen LogP contribution in [-0.4, -0.2) is 23.5 Å². The summed E-state index contributed by atoms with van der Waals surface area (Å²) >= 11 is 0. The van der Waals surface area contributed by atoms with E-state index < -0.39 is 0 Å². The molecule has 0 aliphatic carbocycles. The number of hydrogen-bond donors (Lipinski definition) is 0. The van der Waals surface area contributed by atoms with Crippen LogP contribution < -0.4 is 0 Å². The minimum absolute atomic E-state index is 0.394. The molecular formula is C9H19N.